The molecule has 0 amide bonds. The standard InChI is InChI=1S/C7H9NO/c1-2-3-4-5-7(8)6-9/h2-5H,8H2,1H3. The van der Waals surface area contributed by atoms with Crippen LogP contribution in [0.3, 0.4) is 0 Å². The highest BCUT2D eigenvalue weighted by Crippen LogP contribution is 1.80. The Morgan fingerprint density at radius 2 is 2.22 bits per heavy atom. The fourth-order valence-electron chi connectivity index (χ4n) is 0.304. The SMILES string of the molecule is CC=CC=CC(N)=C=O. The van der Waals surface area contributed by atoms with E-state index in [1.165, 1.54) is 6.08 Å². The van der Waals surface area contributed by atoms with Gasteiger partial charge in [-0.15, -0.1) is 0 Å². The summed E-state index contributed by atoms with van der Waals surface area (Å²) in [5.41, 5.74) is 5.20. The zero-order chi connectivity index (χ0) is 7.11. The Kier molecular flexibility index (Phi) is 4.19. The van der Waals surface area contributed by atoms with Crippen molar-refractivity contribution in [2.24, 2.45) is 5.73 Å². The smallest absolute Gasteiger partial charge is 0.149 e. The minimum absolute atomic E-state index is 0.119. The van der Waals surface area contributed by atoms with Crippen molar-refractivity contribution in [2.45, 2.75) is 6.92 Å². The summed E-state index contributed by atoms with van der Waals surface area (Å²) in [6, 6.07) is 0. The minimum atomic E-state index is 0.119. The van der Waals surface area contributed by atoms with Gasteiger partial charge >= 0.3 is 0 Å². The van der Waals surface area contributed by atoms with Crippen LogP contribution in [-0.4, -0.2) is 5.94 Å². The van der Waals surface area contributed by atoms with Gasteiger partial charge in [0, 0.05) is 0 Å². The molecule has 0 unspecified atom stereocenters. The normalized spacial score (nSPS) is 10.3. The predicted octanol–water partition coefficient (Wildman–Crippen LogP) is 0.793. The Morgan fingerprint density at radius 3 is 2.67 bits per heavy atom. The summed E-state index contributed by atoms with van der Waals surface area (Å²) >= 11 is 0. The molecule has 0 bridgehead atoms. The first-order valence-electron chi connectivity index (χ1n) is 2.61. The van der Waals surface area contributed by atoms with E-state index in [0.717, 1.165) is 0 Å². The lowest BCUT2D eigenvalue weighted by Gasteiger charge is -1.77. The maximum absolute atomic E-state index is 9.74. The van der Waals surface area contributed by atoms with Crippen LogP contribution in [0.4, 0.5) is 0 Å². The fraction of sp³-hybridized carbons (Fsp3) is 0.143. The molecule has 0 spiro atoms. The molecule has 0 aromatic rings. The lowest BCUT2D eigenvalue weighted by molar-refractivity contribution is 0.567. The number of carbonyl (C=O) groups excluding carboxylic acids is 1. The highest BCUT2D eigenvalue weighted by Gasteiger charge is 1.74. The molecule has 0 aliphatic carbocycles. The molecule has 0 aromatic heterocycles. The molecule has 0 aromatic carbocycles. The quantitative estimate of drug-likeness (QED) is 0.436. The van der Waals surface area contributed by atoms with Crippen molar-refractivity contribution in [2.75, 3.05) is 0 Å². The third-order valence-corrected chi connectivity index (χ3v) is 0.697. The van der Waals surface area contributed by atoms with E-state index in [2.05, 4.69) is 0 Å². The van der Waals surface area contributed by atoms with Crippen LogP contribution in [-0.2, 0) is 4.79 Å². The van der Waals surface area contributed by atoms with E-state index in [9.17, 15) is 4.79 Å². The van der Waals surface area contributed by atoms with Crippen LogP contribution in [0.2, 0.25) is 0 Å². The highest BCUT2D eigenvalue weighted by molar-refractivity contribution is 5.55. The molecule has 9 heavy (non-hydrogen) atoms. The molecule has 0 saturated carbocycles. The molecule has 0 aliphatic rings. The van der Waals surface area contributed by atoms with E-state index in [1.807, 2.05) is 13.0 Å². The Labute approximate surface area is 54.4 Å². The van der Waals surface area contributed by atoms with Crippen molar-refractivity contribution < 1.29 is 4.79 Å². The van der Waals surface area contributed by atoms with E-state index in [4.69, 9.17) is 5.73 Å². The number of rotatable bonds is 2. The Bertz CT molecular complexity index is 173. The fourth-order valence-corrected chi connectivity index (χ4v) is 0.304. The maximum atomic E-state index is 9.74. The van der Waals surface area contributed by atoms with Gasteiger partial charge in [0.1, 0.15) is 11.6 Å². The van der Waals surface area contributed by atoms with Crippen LogP contribution in [0.25, 0.3) is 0 Å². The largest absolute Gasteiger partial charge is 0.390 e. The van der Waals surface area contributed by atoms with Crippen LogP contribution in [0.1, 0.15) is 6.92 Å². The summed E-state index contributed by atoms with van der Waals surface area (Å²) in [4.78, 5) is 9.74. The molecule has 0 atom stereocenters. The van der Waals surface area contributed by atoms with E-state index in [-0.39, 0.29) is 5.70 Å². The van der Waals surface area contributed by atoms with Gasteiger partial charge in [0.05, 0.1) is 0 Å². The van der Waals surface area contributed by atoms with Crippen LogP contribution < -0.4 is 5.73 Å². The first-order valence-corrected chi connectivity index (χ1v) is 2.61. The Morgan fingerprint density at radius 1 is 1.56 bits per heavy atom. The van der Waals surface area contributed by atoms with Crippen LogP contribution in [0.15, 0.2) is 30.0 Å². The molecule has 2 N–H and O–H groups in total. The zero-order valence-electron chi connectivity index (χ0n) is 5.29. The second-order valence-electron chi connectivity index (χ2n) is 1.44. The first-order chi connectivity index (χ1) is 4.31. The minimum Gasteiger partial charge on any atom is -0.390 e. The van der Waals surface area contributed by atoms with Gasteiger partial charge in [0.25, 0.3) is 0 Å². The molecule has 2 heteroatoms. The first kappa shape index (κ1) is 7.73. The van der Waals surface area contributed by atoms with Crippen molar-refractivity contribution >= 4 is 5.94 Å². The van der Waals surface area contributed by atoms with Crippen molar-refractivity contribution in [3.05, 3.63) is 30.0 Å². The van der Waals surface area contributed by atoms with Crippen LogP contribution in [0, 0.1) is 0 Å². The average Bonchev–Trinajstić information content (AvgIpc) is 1.89. The van der Waals surface area contributed by atoms with Crippen molar-refractivity contribution in [1.82, 2.24) is 0 Å². The third-order valence-electron chi connectivity index (χ3n) is 0.697. The van der Waals surface area contributed by atoms with E-state index in [0.29, 0.717) is 0 Å². The second-order valence-corrected chi connectivity index (χ2v) is 1.44. The molecular weight excluding hydrogens is 114 g/mol. The molecule has 0 aliphatic heterocycles. The molecule has 0 heterocycles. The molecule has 0 saturated heterocycles. The number of nitrogens with two attached hydrogens (primary N) is 1. The van der Waals surface area contributed by atoms with Crippen molar-refractivity contribution in [3.63, 3.8) is 0 Å². The van der Waals surface area contributed by atoms with Gasteiger partial charge in [0.15, 0.2) is 0 Å². The Balaban J connectivity index is 3.85. The van der Waals surface area contributed by atoms with Gasteiger partial charge in [-0.05, 0) is 13.0 Å². The van der Waals surface area contributed by atoms with Gasteiger partial charge in [-0.2, -0.15) is 0 Å². The van der Waals surface area contributed by atoms with Crippen LogP contribution in [0.5, 0.6) is 0 Å². The third kappa shape index (κ3) is 4.59. The number of hydrogen-bond donors (Lipinski definition) is 1. The Hall–Kier alpha value is -1.27. The monoisotopic (exact) mass is 123 g/mol. The summed E-state index contributed by atoms with van der Waals surface area (Å²) in [5.74, 6) is 1.55. The van der Waals surface area contributed by atoms with E-state index >= 15 is 0 Å². The number of hydrogen-bond acceptors (Lipinski definition) is 2. The highest BCUT2D eigenvalue weighted by atomic mass is 16.1. The summed E-state index contributed by atoms with van der Waals surface area (Å²) < 4.78 is 0. The predicted molar refractivity (Wildman–Crippen MR) is 37.3 cm³/mol. The molecular formula is C7H9NO. The second kappa shape index (κ2) is 4.88. The lowest BCUT2D eigenvalue weighted by Crippen LogP contribution is -1.91. The van der Waals surface area contributed by atoms with E-state index < -0.39 is 0 Å². The van der Waals surface area contributed by atoms with Crippen molar-refractivity contribution in [1.29, 1.82) is 0 Å². The molecule has 0 rings (SSSR count). The summed E-state index contributed by atoms with van der Waals surface area (Å²) in [6.45, 7) is 1.88. The maximum Gasteiger partial charge on any atom is 0.149 e. The van der Waals surface area contributed by atoms with Gasteiger partial charge < -0.3 is 5.73 Å². The molecule has 0 radical (unpaired) electrons. The van der Waals surface area contributed by atoms with Crippen molar-refractivity contribution in [3.8, 4) is 0 Å². The topological polar surface area (TPSA) is 43.1 Å². The van der Waals surface area contributed by atoms with Crippen LogP contribution >= 0.6 is 0 Å². The van der Waals surface area contributed by atoms with Gasteiger partial charge in [0.2, 0.25) is 0 Å². The average molecular weight is 123 g/mol. The van der Waals surface area contributed by atoms with Gasteiger partial charge in [-0.25, -0.2) is 4.79 Å². The van der Waals surface area contributed by atoms with E-state index in [1.54, 1.807) is 18.1 Å². The zero-order valence-corrected chi connectivity index (χ0v) is 5.29. The van der Waals surface area contributed by atoms with Gasteiger partial charge in [-0.3, -0.25) is 0 Å². The summed E-state index contributed by atoms with van der Waals surface area (Å²) in [5, 5.41) is 0. The molecule has 0 fully saturated rings. The summed E-state index contributed by atoms with van der Waals surface area (Å²) in [7, 11) is 0. The number of allylic oxidation sites excluding steroid dienone is 4. The molecule has 48 valence electrons. The summed E-state index contributed by atoms with van der Waals surface area (Å²) in [6.07, 6.45) is 6.80. The molecule has 2 nitrogen and oxygen atoms in total. The van der Waals surface area contributed by atoms with Gasteiger partial charge in [-0.1, -0.05) is 18.2 Å². The lowest BCUT2D eigenvalue weighted by atomic mass is 10.4.